The molecule has 2 aliphatic heterocycles. The van der Waals surface area contributed by atoms with E-state index in [-0.39, 0.29) is 29.4 Å². The second kappa shape index (κ2) is 11.7. The maximum Gasteiger partial charge on any atom is 0.242 e. The van der Waals surface area contributed by atoms with Gasteiger partial charge in [-0.05, 0) is 42.7 Å². The molecule has 1 fully saturated rings. The molecule has 1 aromatic heterocycles. The van der Waals surface area contributed by atoms with Crippen molar-refractivity contribution in [1.29, 1.82) is 0 Å². The number of nitrogens with zero attached hydrogens (tertiary/aromatic N) is 4. The fourth-order valence-corrected chi connectivity index (χ4v) is 6.99. The molecule has 210 valence electrons. The minimum Gasteiger partial charge on any atom is -0.378 e. The number of morpholine rings is 1. The average molecular weight is 587 g/mol. The van der Waals surface area contributed by atoms with Crippen LogP contribution in [0.4, 0.5) is 5.82 Å². The summed E-state index contributed by atoms with van der Waals surface area (Å²) in [7, 11) is 0. The van der Waals surface area contributed by atoms with Gasteiger partial charge in [-0.25, -0.2) is 4.68 Å². The van der Waals surface area contributed by atoms with Crippen molar-refractivity contribution in [3.63, 3.8) is 0 Å². The van der Waals surface area contributed by atoms with Crippen LogP contribution in [-0.2, 0) is 14.3 Å². The molecule has 0 unspecified atom stereocenters. The summed E-state index contributed by atoms with van der Waals surface area (Å²) in [5, 5.41) is 5.55. The average Bonchev–Trinajstić information content (AvgIpc) is 3.32. The monoisotopic (exact) mass is 586 g/mol. The number of aryl methyl sites for hydroxylation is 1. The minimum atomic E-state index is -0.278. The van der Waals surface area contributed by atoms with E-state index < -0.39 is 0 Å². The van der Waals surface area contributed by atoms with Crippen molar-refractivity contribution in [3.8, 4) is 16.9 Å². The van der Waals surface area contributed by atoms with Crippen molar-refractivity contribution in [2.75, 3.05) is 43.5 Å². The van der Waals surface area contributed by atoms with Gasteiger partial charge in [-0.3, -0.25) is 14.5 Å². The zero-order chi connectivity index (χ0) is 28.5. The van der Waals surface area contributed by atoms with Gasteiger partial charge in [0.05, 0.1) is 35.6 Å². The number of fused-ring (bicyclic) bond motifs is 1. The van der Waals surface area contributed by atoms with Crippen molar-refractivity contribution >= 4 is 41.0 Å². The van der Waals surface area contributed by atoms with E-state index in [4.69, 9.17) is 21.4 Å². The highest BCUT2D eigenvalue weighted by Gasteiger charge is 2.39. The van der Waals surface area contributed by atoms with Gasteiger partial charge in [-0.15, -0.1) is 11.8 Å². The van der Waals surface area contributed by atoms with Gasteiger partial charge in [0.2, 0.25) is 11.8 Å². The van der Waals surface area contributed by atoms with Crippen LogP contribution >= 0.6 is 23.4 Å². The second-order valence-electron chi connectivity index (χ2n) is 10.3. The summed E-state index contributed by atoms with van der Waals surface area (Å²) < 4.78 is 7.32. The maximum atomic E-state index is 14.0. The van der Waals surface area contributed by atoms with Crippen molar-refractivity contribution in [1.82, 2.24) is 14.7 Å². The Morgan fingerprint density at radius 2 is 1.73 bits per heavy atom. The van der Waals surface area contributed by atoms with Gasteiger partial charge in [-0.1, -0.05) is 72.3 Å². The first-order chi connectivity index (χ1) is 19.9. The van der Waals surface area contributed by atoms with Gasteiger partial charge < -0.3 is 9.64 Å². The maximum absolute atomic E-state index is 14.0. The van der Waals surface area contributed by atoms with E-state index >= 15 is 0 Å². The summed E-state index contributed by atoms with van der Waals surface area (Å²) in [6, 6.07) is 23.8. The normalized spacial score (nSPS) is 17.3. The van der Waals surface area contributed by atoms with Crippen LogP contribution in [0.5, 0.6) is 0 Å². The van der Waals surface area contributed by atoms with Crippen molar-refractivity contribution in [3.05, 3.63) is 100 Å². The molecule has 2 amide bonds. The van der Waals surface area contributed by atoms with Crippen LogP contribution in [0.15, 0.2) is 72.8 Å². The molecule has 6 rings (SSSR count). The number of benzene rings is 3. The highest BCUT2D eigenvalue weighted by molar-refractivity contribution is 8.00. The molecule has 1 saturated heterocycles. The molecule has 3 aromatic carbocycles. The Hall–Kier alpha value is -3.59. The van der Waals surface area contributed by atoms with Crippen LogP contribution < -0.4 is 4.90 Å². The molecule has 3 heterocycles. The molecule has 2 aliphatic rings. The molecule has 7 nitrogen and oxygen atoms in total. The van der Waals surface area contributed by atoms with E-state index in [1.54, 1.807) is 9.80 Å². The Balaban J connectivity index is 1.62. The third-order valence-electron chi connectivity index (χ3n) is 7.79. The number of hydrogen-bond donors (Lipinski definition) is 0. The zero-order valence-electron chi connectivity index (χ0n) is 23.0. The summed E-state index contributed by atoms with van der Waals surface area (Å²) >= 11 is 8.31. The first kappa shape index (κ1) is 27.6. The summed E-state index contributed by atoms with van der Waals surface area (Å²) in [4.78, 5) is 31.0. The highest BCUT2D eigenvalue weighted by Crippen LogP contribution is 2.50. The van der Waals surface area contributed by atoms with Crippen molar-refractivity contribution in [2.24, 2.45) is 0 Å². The largest absolute Gasteiger partial charge is 0.378 e. The number of halogens is 1. The smallest absolute Gasteiger partial charge is 0.242 e. The molecule has 0 N–H and O–H groups in total. The quantitative estimate of drug-likeness (QED) is 0.294. The summed E-state index contributed by atoms with van der Waals surface area (Å²) in [5.41, 5.74) is 6.50. The molecule has 41 heavy (non-hydrogen) atoms. The van der Waals surface area contributed by atoms with Gasteiger partial charge in [-0.2, -0.15) is 5.10 Å². The molecular weight excluding hydrogens is 556 g/mol. The number of amides is 2. The topological polar surface area (TPSA) is 67.7 Å². The van der Waals surface area contributed by atoms with Gasteiger partial charge in [0.25, 0.3) is 0 Å². The lowest BCUT2D eigenvalue weighted by atomic mass is 9.99. The number of carbonyl (C=O) groups excluding carboxylic acids is 2. The van der Waals surface area contributed by atoms with Crippen molar-refractivity contribution < 1.29 is 14.3 Å². The Kier molecular flexibility index (Phi) is 7.88. The fourth-order valence-electron chi connectivity index (χ4n) is 5.44. The Bertz CT molecular complexity index is 1600. The molecule has 0 radical (unpaired) electrons. The summed E-state index contributed by atoms with van der Waals surface area (Å²) in [6.45, 7) is 6.05. The number of thioether (sulfide) groups is 1. The molecule has 0 saturated carbocycles. The molecule has 0 aliphatic carbocycles. The number of aromatic nitrogens is 2. The zero-order valence-corrected chi connectivity index (χ0v) is 24.6. The lowest BCUT2D eigenvalue weighted by Gasteiger charge is -2.30. The molecule has 4 aromatic rings. The lowest BCUT2D eigenvalue weighted by Crippen LogP contribution is -2.48. The van der Waals surface area contributed by atoms with E-state index in [0.717, 1.165) is 39.2 Å². The van der Waals surface area contributed by atoms with E-state index in [2.05, 4.69) is 19.9 Å². The number of hydrogen-bond acceptors (Lipinski definition) is 5. The van der Waals surface area contributed by atoms with E-state index in [0.29, 0.717) is 37.1 Å². The molecule has 0 spiro atoms. The number of ether oxygens (including phenoxy) is 1. The first-order valence-electron chi connectivity index (χ1n) is 13.7. The standard InChI is InChI=1S/C32H31ClN4O3S/c1-21-9-8-14-26(22(21)2)37-32-29(30(34-37)23-10-4-3-5-11-23)31(24-12-6-7-13-25(24)33)41-20-28(39)36(32)19-27(38)35-15-17-40-18-16-35/h3-14,31H,15-20H2,1-2H3/t31-/m1/s1. The van der Waals surface area contributed by atoms with Crippen LogP contribution in [0.25, 0.3) is 16.9 Å². The van der Waals surface area contributed by atoms with E-state index in [9.17, 15) is 9.59 Å². The second-order valence-corrected chi connectivity index (χ2v) is 11.8. The van der Waals surface area contributed by atoms with Gasteiger partial charge in [0.1, 0.15) is 12.4 Å². The lowest BCUT2D eigenvalue weighted by molar-refractivity contribution is -0.134. The summed E-state index contributed by atoms with van der Waals surface area (Å²) in [6.07, 6.45) is 0. The van der Waals surface area contributed by atoms with Crippen LogP contribution in [0.3, 0.4) is 0 Å². The van der Waals surface area contributed by atoms with E-state index in [1.807, 2.05) is 71.4 Å². The van der Waals surface area contributed by atoms with Crippen LogP contribution in [0.2, 0.25) is 5.02 Å². The predicted octanol–water partition coefficient (Wildman–Crippen LogP) is 5.84. The Labute approximate surface area is 249 Å². The van der Waals surface area contributed by atoms with Crippen LogP contribution in [0.1, 0.15) is 27.5 Å². The van der Waals surface area contributed by atoms with Gasteiger partial charge >= 0.3 is 0 Å². The van der Waals surface area contributed by atoms with E-state index in [1.165, 1.54) is 11.8 Å². The minimum absolute atomic E-state index is 0.0770. The number of rotatable bonds is 5. The Morgan fingerprint density at radius 1 is 1.00 bits per heavy atom. The predicted molar refractivity (Wildman–Crippen MR) is 164 cm³/mol. The van der Waals surface area contributed by atoms with Crippen molar-refractivity contribution in [2.45, 2.75) is 19.1 Å². The Morgan fingerprint density at radius 3 is 2.49 bits per heavy atom. The molecular formula is C32H31ClN4O3S. The molecule has 1 atom stereocenters. The molecule has 0 bridgehead atoms. The SMILES string of the molecule is Cc1cccc(-n2nc(-c3ccccc3)c3c2N(CC(=O)N2CCOCC2)C(=O)CS[C@@H]3c2ccccc2Cl)c1C. The third-order valence-corrected chi connectivity index (χ3v) is 9.37. The van der Waals surface area contributed by atoms with Gasteiger partial charge in [0, 0.05) is 29.2 Å². The van der Waals surface area contributed by atoms with Gasteiger partial charge in [0.15, 0.2) is 0 Å². The highest BCUT2D eigenvalue weighted by atomic mass is 35.5. The van der Waals surface area contributed by atoms with Crippen LogP contribution in [-0.4, -0.2) is 65.1 Å². The number of carbonyl (C=O) groups is 2. The third kappa shape index (κ3) is 5.27. The fraction of sp³-hybridized carbons (Fsp3) is 0.281. The first-order valence-corrected chi connectivity index (χ1v) is 15.1. The summed E-state index contributed by atoms with van der Waals surface area (Å²) in [5.74, 6) is 0.559. The molecule has 9 heteroatoms. The van der Waals surface area contributed by atoms with Crippen LogP contribution in [0, 0.1) is 13.8 Å². The number of anilines is 1.